The van der Waals surface area contributed by atoms with Crippen LogP contribution in [0.2, 0.25) is 0 Å². The van der Waals surface area contributed by atoms with Gasteiger partial charge in [0, 0.05) is 19.4 Å². The molecule has 0 aliphatic rings. The van der Waals surface area contributed by atoms with Crippen LogP contribution in [-0.4, -0.2) is 38.4 Å². The van der Waals surface area contributed by atoms with Crippen LogP contribution in [0, 0.1) is 0 Å². The van der Waals surface area contributed by atoms with E-state index < -0.39 is 0 Å². The van der Waals surface area contributed by atoms with Gasteiger partial charge in [-0.05, 0) is 19.8 Å². The molecule has 5 heteroatoms. The number of hydrogen-bond donors (Lipinski definition) is 0. The molecule has 0 aromatic carbocycles. The Labute approximate surface area is 115 Å². The summed E-state index contributed by atoms with van der Waals surface area (Å²) in [6.07, 6.45) is 4.06. The zero-order valence-electron chi connectivity index (χ0n) is 12.1. The normalized spacial score (nSPS) is 10.2. The summed E-state index contributed by atoms with van der Waals surface area (Å²) in [6, 6.07) is 0. The van der Waals surface area contributed by atoms with Gasteiger partial charge in [-0.3, -0.25) is 9.59 Å². The topological polar surface area (TPSA) is 61.8 Å². The Morgan fingerprint density at radius 1 is 0.789 bits per heavy atom. The molecule has 0 bridgehead atoms. The summed E-state index contributed by atoms with van der Waals surface area (Å²) >= 11 is 0. The second-order valence-corrected chi connectivity index (χ2v) is 4.20. The fourth-order valence-corrected chi connectivity index (χ4v) is 1.42. The summed E-state index contributed by atoms with van der Waals surface area (Å²) in [7, 11) is 0. The molecule has 0 aromatic heterocycles. The van der Waals surface area contributed by atoms with Crippen molar-refractivity contribution in [2.24, 2.45) is 0 Å². The highest BCUT2D eigenvalue weighted by molar-refractivity contribution is 5.72. The van der Waals surface area contributed by atoms with Gasteiger partial charge in [0.05, 0.1) is 13.2 Å². The molecule has 112 valence electrons. The van der Waals surface area contributed by atoms with Crippen molar-refractivity contribution in [3.05, 3.63) is 0 Å². The zero-order valence-corrected chi connectivity index (χ0v) is 12.1. The van der Waals surface area contributed by atoms with Crippen LogP contribution in [-0.2, 0) is 23.8 Å². The lowest BCUT2D eigenvalue weighted by atomic mass is 10.2. The van der Waals surface area contributed by atoms with Crippen LogP contribution in [0.1, 0.15) is 52.4 Å². The van der Waals surface area contributed by atoms with Crippen LogP contribution in [0.25, 0.3) is 0 Å². The maximum atomic E-state index is 11.3. The summed E-state index contributed by atoms with van der Waals surface area (Å²) in [5.74, 6) is -0.531. The van der Waals surface area contributed by atoms with Gasteiger partial charge in [0.15, 0.2) is 0 Å². The number of unbranched alkanes of at least 4 members (excludes halogenated alkanes) is 2. The molecular formula is C14H26O5. The third-order valence-electron chi connectivity index (χ3n) is 2.47. The van der Waals surface area contributed by atoms with Crippen molar-refractivity contribution in [3.63, 3.8) is 0 Å². The van der Waals surface area contributed by atoms with Crippen molar-refractivity contribution in [1.82, 2.24) is 0 Å². The largest absolute Gasteiger partial charge is 0.466 e. The third-order valence-corrected chi connectivity index (χ3v) is 2.47. The van der Waals surface area contributed by atoms with Gasteiger partial charge >= 0.3 is 11.9 Å². The van der Waals surface area contributed by atoms with E-state index in [4.69, 9.17) is 14.2 Å². The molecule has 0 fully saturated rings. The summed E-state index contributed by atoms with van der Waals surface area (Å²) < 4.78 is 15.0. The lowest BCUT2D eigenvalue weighted by Crippen LogP contribution is -2.11. The second-order valence-electron chi connectivity index (χ2n) is 4.20. The molecule has 0 unspecified atom stereocenters. The summed E-state index contributed by atoms with van der Waals surface area (Å²) in [5, 5.41) is 0. The highest BCUT2D eigenvalue weighted by Gasteiger charge is 2.07. The minimum atomic E-state index is -0.293. The highest BCUT2D eigenvalue weighted by Crippen LogP contribution is 2.01. The molecule has 0 radical (unpaired) electrons. The number of ether oxygens (including phenoxy) is 3. The zero-order chi connectivity index (χ0) is 14.3. The lowest BCUT2D eigenvalue weighted by Gasteiger charge is -2.05. The van der Waals surface area contributed by atoms with E-state index in [0.29, 0.717) is 26.2 Å². The van der Waals surface area contributed by atoms with Crippen molar-refractivity contribution in [1.29, 1.82) is 0 Å². The Bertz CT molecular complexity index is 216. The molecule has 0 saturated carbocycles. The maximum absolute atomic E-state index is 11.3. The van der Waals surface area contributed by atoms with E-state index in [9.17, 15) is 9.59 Å². The van der Waals surface area contributed by atoms with Crippen molar-refractivity contribution < 1.29 is 23.8 Å². The first kappa shape index (κ1) is 17.9. The standard InChI is InChI=1S/C14H26O5/c1-3-5-6-10-18-13(15)8-7-9-14(16)19-12-11-17-4-2/h3-12H2,1-2H3. The van der Waals surface area contributed by atoms with Crippen LogP contribution >= 0.6 is 0 Å². The van der Waals surface area contributed by atoms with Gasteiger partial charge in [-0.2, -0.15) is 0 Å². The van der Waals surface area contributed by atoms with Crippen molar-refractivity contribution in [2.75, 3.05) is 26.4 Å². The Balaban J connectivity index is 3.35. The smallest absolute Gasteiger partial charge is 0.305 e. The van der Waals surface area contributed by atoms with Crippen LogP contribution in [0.3, 0.4) is 0 Å². The van der Waals surface area contributed by atoms with E-state index in [2.05, 4.69) is 6.92 Å². The molecule has 0 N–H and O–H groups in total. The SMILES string of the molecule is CCCCCOC(=O)CCCC(=O)OCCOCC. The summed E-state index contributed by atoms with van der Waals surface area (Å²) in [5.41, 5.74) is 0. The molecule has 0 amide bonds. The minimum absolute atomic E-state index is 0.238. The molecule has 0 atom stereocenters. The van der Waals surface area contributed by atoms with Gasteiger partial charge in [-0.25, -0.2) is 0 Å². The molecule has 0 spiro atoms. The van der Waals surface area contributed by atoms with Gasteiger partial charge in [-0.15, -0.1) is 0 Å². The Kier molecular flexibility index (Phi) is 12.6. The van der Waals surface area contributed by atoms with Gasteiger partial charge in [-0.1, -0.05) is 19.8 Å². The fraction of sp³-hybridized carbons (Fsp3) is 0.857. The molecule has 0 rings (SSSR count). The lowest BCUT2D eigenvalue weighted by molar-refractivity contribution is -0.146. The Morgan fingerprint density at radius 3 is 2.00 bits per heavy atom. The van der Waals surface area contributed by atoms with Crippen molar-refractivity contribution in [2.45, 2.75) is 52.4 Å². The predicted octanol–water partition coefficient (Wildman–Crippen LogP) is 2.47. The molecule has 0 aliphatic carbocycles. The first-order chi connectivity index (χ1) is 9.20. The van der Waals surface area contributed by atoms with Crippen LogP contribution in [0.4, 0.5) is 0 Å². The van der Waals surface area contributed by atoms with Crippen molar-refractivity contribution >= 4 is 11.9 Å². The van der Waals surface area contributed by atoms with Gasteiger partial charge in [0.25, 0.3) is 0 Å². The van der Waals surface area contributed by atoms with E-state index in [1.807, 2.05) is 6.92 Å². The van der Waals surface area contributed by atoms with Crippen LogP contribution in [0.15, 0.2) is 0 Å². The first-order valence-corrected chi connectivity index (χ1v) is 7.09. The highest BCUT2D eigenvalue weighted by atomic mass is 16.6. The third kappa shape index (κ3) is 13.1. The Morgan fingerprint density at radius 2 is 1.42 bits per heavy atom. The molecule has 5 nitrogen and oxygen atoms in total. The molecule has 0 heterocycles. The number of carbonyl (C=O) groups is 2. The van der Waals surface area contributed by atoms with E-state index >= 15 is 0 Å². The minimum Gasteiger partial charge on any atom is -0.466 e. The monoisotopic (exact) mass is 274 g/mol. The van der Waals surface area contributed by atoms with Crippen LogP contribution < -0.4 is 0 Å². The number of rotatable bonds is 12. The molecular weight excluding hydrogens is 248 g/mol. The molecule has 0 aromatic rings. The maximum Gasteiger partial charge on any atom is 0.305 e. The van der Waals surface area contributed by atoms with E-state index in [1.165, 1.54) is 0 Å². The second kappa shape index (κ2) is 13.3. The molecule has 19 heavy (non-hydrogen) atoms. The quantitative estimate of drug-likeness (QED) is 0.404. The number of hydrogen-bond acceptors (Lipinski definition) is 5. The van der Waals surface area contributed by atoms with Gasteiger partial charge < -0.3 is 14.2 Å². The first-order valence-electron chi connectivity index (χ1n) is 7.09. The molecule has 0 aliphatic heterocycles. The summed E-state index contributed by atoms with van der Waals surface area (Å²) in [4.78, 5) is 22.5. The summed E-state index contributed by atoms with van der Waals surface area (Å²) in [6.45, 7) is 5.76. The van der Waals surface area contributed by atoms with Gasteiger partial charge in [0.2, 0.25) is 0 Å². The van der Waals surface area contributed by atoms with E-state index in [1.54, 1.807) is 0 Å². The number of esters is 2. The van der Waals surface area contributed by atoms with Crippen LogP contribution in [0.5, 0.6) is 0 Å². The van der Waals surface area contributed by atoms with E-state index in [-0.39, 0.29) is 31.4 Å². The van der Waals surface area contributed by atoms with Gasteiger partial charge in [0.1, 0.15) is 6.61 Å². The average molecular weight is 274 g/mol. The number of carbonyl (C=O) groups excluding carboxylic acids is 2. The van der Waals surface area contributed by atoms with Crippen molar-refractivity contribution in [3.8, 4) is 0 Å². The fourth-order valence-electron chi connectivity index (χ4n) is 1.42. The average Bonchev–Trinajstić information content (AvgIpc) is 2.40. The predicted molar refractivity (Wildman–Crippen MR) is 71.8 cm³/mol. The van der Waals surface area contributed by atoms with E-state index in [0.717, 1.165) is 19.3 Å². The molecule has 0 saturated heterocycles. The Hall–Kier alpha value is -1.10.